The molecular weight excluding hydrogens is 215 g/mol. The molecule has 90 valence electrons. The lowest BCUT2D eigenvalue weighted by Crippen LogP contribution is -1.93. The van der Waals surface area contributed by atoms with Crippen molar-refractivity contribution in [3.05, 3.63) is 29.1 Å². The Morgan fingerprint density at radius 1 is 1.47 bits per heavy atom. The Hall–Kier alpha value is -1.69. The molecule has 3 heteroatoms. The molecule has 0 bridgehead atoms. The molecule has 0 atom stereocenters. The number of rotatable bonds is 4. The van der Waals surface area contributed by atoms with Crippen LogP contribution in [0.1, 0.15) is 44.2 Å². The van der Waals surface area contributed by atoms with E-state index in [1.54, 1.807) is 13.0 Å². The minimum absolute atomic E-state index is 0.338. The van der Waals surface area contributed by atoms with Crippen molar-refractivity contribution < 1.29 is 4.39 Å². The van der Waals surface area contributed by atoms with Gasteiger partial charge in [-0.2, -0.15) is 5.26 Å². The average Bonchev–Trinajstić information content (AvgIpc) is 2.30. The predicted octanol–water partition coefficient (Wildman–Crippen LogP) is 4.29. The highest BCUT2D eigenvalue weighted by Crippen LogP contribution is 2.25. The summed E-state index contributed by atoms with van der Waals surface area (Å²) >= 11 is 0. The molecule has 0 saturated carbocycles. The third-order valence-corrected chi connectivity index (χ3v) is 2.58. The zero-order valence-electron chi connectivity index (χ0n) is 10.5. The van der Waals surface area contributed by atoms with Gasteiger partial charge in [0, 0.05) is 5.71 Å². The Labute approximate surface area is 102 Å². The van der Waals surface area contributed by atoms with E-state index in [9.17, 15) is 4.39 Å². The van der Waals surface area contributed by atoms with Gasteiger partial charge in [-0.25, -0.2) is 4.39 Å². The van der Waals surface area contributed by atoms with Crippen LogP contribution in [-0.4, -0.2) is 5.71 Å². The number of unbranched alkanes of at least 4 members (excludes halogenated alkanes) is 1. The van der Waals surface area contributed by atoms with E-state index < -0.39 is 5.82 Å². The minimum Gasteiger partial charge on any atom is -0.255 e. The molecule has 1 aromatic carbocycles. The quantitative estimate of drug-likeness (QED) is 0.713. The molecule has 0 aliphatic carbocycles. The van der Waals surface area contributed by atoms with Crippen molar-refractivity contribution in [2.75, 3.05) is 0 Å². The molecule has 0 amide bonds. The van der Waals surface area contributed by atoms with Crippen LogP contribution in [0.25, 0.3) is 0 Å². The SMILES string of the molecule is CCCCC(C)=Nc1c(C)cc(C#N)cc1F. The van der Waals surface area contributed by atoms with Gasteiger partial charge in [0.2, 0.25) is 0 Å². The molecule has 0 spiro atoms. The third kappa shape index (κ3) is 3.67. The molecule has 17 heavy (non-hydrogen) atoms. The van der Waals surface area contributed by atoms with Crippen molar-refractivity contribution in [3.63, 3.8) is 0 Å². The minimum atomic E-state index is -0.419. The molecule has 2 nitrogen and oxygen atoms in total. The molecule has 0 radical (unpaired) electrons. The van der Waals surface area contributed by atoms with Crippen LogP contribution in [-0.2, 0) is 0 Å². The molecule has 0 aliphatic rings. The Kier molecular flexibility index (Phi) is 4.84. The van der Waals surface area contributed by atoms with Gasteiger partial charge in [-0.1, -0.05) is 13.3 Å². The van der Waals surface area contributed by atoms with Gasteiger partial charge < -0.3 is 0 Å². The molecule has 1 aromatic rings. The number of benzene rings is 1. The second-order valence-corrected chi connectivity index (χ2v) is 4.19. The fourth-order valence-electron chi connectivity index (χ4n) is 1.62. The summed E-state index contributed by atoms with van der Waals surface area (Å²) in [6.07, 6.45) is 3.04. The third-order valence-electron chi connectivity index (χ3n) is 2.58. The number of aliphatic imine (C=N–C) groups is 1. The highest BCUT2D eigenvalue weighted by atomic mass is 19.1. The maximum absolute atomic E-state index is 13.7. The molecule has 0 N–H and O–H groups in total. The van der Waals surface area contributed by atoms with Gasteiger partial charge in [-0.15, -0.1) is 0 Å². The lowest BCUT2D eigenvalue weighted by atomic mass is 10.1. The molecular formula is C14H17FN2. The number of nitrogens with zero attached hydrogens (tertiary/aromatic N) is 2. The van der Waals surface area contributed by atoms with E-state index >= 15 is 0 Å². The first-order valence-corrected chi connectivity index (χ1v) is 5.83. The van der Waals surface area contributed by atoms with E-state index in [4.69, 9.17) is 5.26 Å². The molecule has 0 fully saturated rings. The maximum atomic E-state index is 13.7. The highest BCUT2D eigenvalue weighted by molar-refractivity contribution is 5.85. The smallest absolute Gasteiger partial charge is 0.150 e. The van der Waals surface area contributed by atoms with Gasteiger partial charge in [0.05, 0.1) is 11.6 Å². The summed E-state index contributed by atoms with van der Waals surface area (Å²) < 4.78 is 13.7. The van der Waals surface area contributed by atoms with E-state index in [0.717, 1.165) is 25.0 Å². The molecule has 0 heterocycles. The average molecular weight is 232 g/mol. The Morgan fingerprint density at radius 3 is 2.71 bits per heavy atom. The van der Waals surface area contributed by atoms with Crippen LogP contribution >= 0.6 is 0 Å². The second-order valence-electron chi connectivity index (χ2n) is 4.19. The number of nitriles is 1. The number of aryl methyl sites for hydroxylation is 1. The van der Waals surface area contributed by atoms with Gasteiger partial charge in [0.15, 0.2) is 0 Å². The zero-order chi connectivity index (χ0) is 12.8. The largest absolute Gasteiger partial charge is 0.255 e. The van der Waals surface area contributed by atoms with E-state index in [0.29, 0.717) is 16.8 Å². The standard InChI is InChI=1S/C14H17FN2/c1-4-5-6-11(3)17-14-10(2)7-12(9-16)8-13(14)15/h7-8H,4-6H2,1-3H3. The first kappa shape index (κ1) is 13.4. The van der Waals surface area contributed by atoms with E-state index in [-0.39, 0.29) is 0 Å². The first-order valence-electron chi connectivity index (χ1n) is 5.83. The van der Waals surface area contributed by atoms with Crippen molar-refractivity contribution in [3.8, 4) is 6.07 Å². The van der Waals surface area contributed by atoms with Gasteiger partial charge in [0.25, 0.3) is 0 Å². The normalized spacial score (nSPS) is 11.4. The summed E-state index contributed by atoms with van der Waals surface area (Å²) in [7, 11) is 0. The van der Waals surface area contributed by atoms with Crippen molar-refractivity contribution in [1.29, 1.82) is 5.26 Å². The van der Waals surface area contributed by atoms with Gasteiger partial charge in [-0.05, 0) is 44.4 Å². The first-order chi connectivity index (χ1) is 8.08. The summed E-state index contributed by atoms with van der Waals surface area (Å²) in [5.41, 5.74) is 2.33. The van der Waals surface area contributed by atoms with Crippen LogP contribution in [0.2, 0.25) is 0 Å². The van der Waals surface area contributed by atoms with E-state index in [1.807, 2.05) is 13.0 Å². The molecule has 0 aromatic heterocycles. The van der Waals surface area contributed by atoms with Crippen LogP contribution in [0.4, 0.5) is 10.1 Å². The summed E-state index contributed by atoms with van der Waals surface area (Å²) in [4.78, 5) is 4.30. The van der Waals surface area contributed by atoms with Crippen molar-refractivity contribution in [2.24, 2.45) is 4.99 Å². The van der Waals surface area contributed by atoms with Crippen LogP contribution < -0.4 is 0 Å². The molecule has 0 saturated heterocycles. The summed E-state index contributed by atoms with van der Waals surface area (Å²) in [5, 5.41) is 8.72. The van der Waals surface area contributed by atoms with Crippen LogP contribution in [0.15, 0.2) is 17.1 Å². The molecule has 0 unspecified atom stereocenters. The highest BCUT2D eigenvalue weighted by Gasteiger charge is 2.07. The molecule has 1 rings (SSSR count). The summed E-state index contributed by atoms with van der Waals surface area (Å²) in [5.74, 6) is -0.419. The lowest BCUT2D eigenvalue weighted by molar-refractivity contribution is 0.628. The van der Waals surface area contributed by atoms with Crippen LogP contribution in [0.5, 0.6) is 0 Å². The Morgan fingerprint density at radius 2 is 2.18 bits per heavy atom. The van der Waals surface area contributed by atoms with Crippen molar-refractivity contribution in [1.82, 2.24) is 0 Å². The summed E-state index contributed by atoms with van der Waals surface area (Å²) in [6.45, 7) is 5.80. The zero-order valence-corrected chi connectivity index (χ0v) is 10.5. The monoisotopic (exact) mass is 232 g/mol. The topological polar surface area (TPSA) is 36.1 Å². The second kappa shape index (κ2) is 6.15. The number of hydrogen-bond donors (Lipinski definition) is 0. The van der Waals surface area contributed by atoms with Crippen LogP contribution in [0, 0.1) is 24.1 Å². The van der Waals surface area contributed by atoms with E-state index in [1.165, 1.54) is 6.07 Å². The van der Waals surface area contributed by atoms with Crippen molar-refractivity contribution in [2.45, 2.75) is 40.0 Å². The predicted molar refractivity (Wildman–Crippen MR) is 68.1 cm³/mol. The Balaban J connectivity index is 3.03. The number of halogens is 1. The van der Waals surface area contributed by atoms with Gasteiger partial charge >= 0.3 is 0 Å². The Bertz CT molecular complexity index is 447. The van der Waals surface area contributed by atoms with E-state index in [2.05, 4.69) is 11.9 Å². The van der Waals surface area contributed by atoms with Crippen LogP contribution in [0.3, 0.4) is 0 Å². The number of hydrogen-bond acceptors (Lipinski definition) is 2. The summed E-state index contributed by atoms with van der Waals surface area (Å²) in [6, 6.07) is 4.83. The maximum Gasteiger partial charge on any atom is 0.150 e. The fraction of sp³-hybridized carbons (Fsp3) is 0.429. The van der Waals surface area contributed by atoms with Gasteiger partial charge in [-0.3, -0.25) is 4.99 Å². The molecule has 0 aliphatic heterocycles. The lowest BCUT2D eigenvalue weighted by Gasteiger charge is -2.05. The fourth-order valence-corrected chi connectivity index (χ4v) is 1.62. The van der Waals surface area contributed by atoms with Gasteiger partial charge in [0.1, 0.15) is 11.5 Å². The van der Waals surface area contributed by atoms with Crippen molar-refractivity contribution >= 4 is 11.4 Å².